The summed E-state index contributed by atoms with van der Waals surface area (Å²) in [4.78, 5) is 0. The number of nitrogens with one attached hydrogen (secondary N) is 2. The first kappa shape index (κ1) is 11.6. The van der Waals surface area contributed by atoms with Crippen molar-refractivity contribution in [2.45, 2.75) is 6.92 Å². The number of hydrazone groups is 1. The van der Waals surface area contributed by atoms with E-state index in [1.54, 1.807) is 31.2 Å². The van der Waals surface area contributed by atoms with E-state index in [1.807, 2.05) is 0 Å². The first-order valence-corrected chi connectivity index (χ1v) is 4.49. The topological polar surface area (TPSA) is 125 Å². The molecule has 0 heterocycles. The summed E-state index contributed by atoms with van der Waals surface area (Å²) in [6.45, 7) is 1.68. The van der Waals surface area contributed by atoms with Crippen LogP contribution in [0, 0.1) is 5.41 Å². The lowest BCUT2D eigenvalue weighted by atomic mass is 10.3. The zero-order valence-electron chi connectivity index (χ0n) is 8.81. The molecule has 0 spiro atoms. The van der Waals surface area contributed by atoms with E-state index in [9.17, 15) is 0 Å². The summed E-state index contributed by atoms with van der Waals surface area (Å²) < 4.78 is 0. The molecule has 0 saturated carbocycles. The maximum Gasteiger partial charge on any atom is 0.232 e. The quantitative estimate of drug-likeness (QED) is 0.265. The Morgan fingerprint density at radius 2 is 1.88 bits per heavy atom. The predicted octanol–water partition coefficient (Wildman–Crippen LogP) is 1.37. The lowest BCUT2D eigenvalue weighted by molar-refractivity contribution is 1.21. The fourth-order valence-corrected chi connectivity index (χ4v) is 0.867. The third kappa shape index (κ3) is 4.18. The summed E-state index contributed by atoms with van der Waals surface area (Å²) in [5.41, 5.74) is 14.5. The van der Waals surface area contributed by atoms with Crippen LogP contribution in [0.15, 0.2) is 39.6 Å². The molecule has 1 aromatic carbocycles. The van der Waals surface area contributed by atoms with Crippen LogP contribution in [-0.4, -0.2) is 11.8 Å². The number of amidine groups is 1. The normalized spacial score (nSPS) is 11.7. The molecule has 1 rings (SSSR count). The van der Waals surface area contributed by atoms with E-state index in [1.165, 1.54) is 0 Å². The van der Waals surface area contributed by atoms with Gasteiger partial charge in [-0.2, -0.15) is 5.10 Å². The number of hydrogen-bond acceptors (Lipinski definition) is 4. The molecule has 7 heteroatoms. The van der Waals surface area contributed by atoms with Crippen LogP contribution < -0.4 is 16.9 Å². The highest BCUT2D eigenvalue weighted by Gasteiger charge is 1.92. The van der Waals surface area contributed by atoms with Crippen LogP contribution in [0.4, 0.5) is 11.4 Å². The Balaban J connectivity index is 2.68. The molecule has 1 aromatic rings. The van der Waals surface area contributed by atoms with Crippen LogP contribution in [0.3, 0.4) is 0 Å². The van der Waals surface area contributed by atoms with Crippen molar-refractivity contribution in [3.05, 3.63) is 24.3 Å². The fraction of sp³-hybridized carbons (Fsp3) is 0.111. The summed E-state index contributed by atoms with van der Waals surface area (Å²) >= 11 is 0. The number of anilines is 1. The Morgan fingerprint density at radius 1 is 1.25 bits per heavy atom. The van der Waals surface area contributed by atoms with Crippen LogP contribution in [-0.2, 0) is 0 Å². The zero-order chi connectivity index (χ0) is 12.0. The second-order valence-corrected chi connectivity index (χ2v) is 3.00. The van der Waals surface area contributed by atoms with Crippen LogP contribution in [0.25, 0.3) is 0 Å². The minimum Gasteiger partial charge on any atom is -0.386 e. The number of azo groups is 1. The molecule has 0 aromatic heterocycles. The molecular weight excluding hydrogens is 206 g/mol. The number of benzene rings is 1. The van der Waals surface area contributed by atoms with Crippen LogP contribution >= 0.6 is 0 Å². The zero-order valence-corrected chi connectivity index (χ0v) is 8.81. The van der Waals surface area contributed by atoms with Gasteiger partial charge in [-0.15, -0.1) is 10.2 Å². The monoisotopic (exact) mass is 219 g/mol. The van der Waals surface area contributed by atoms with E-state index in [0.717, 1.165) is 5.69 Å². The lowest BCUT2D eigenvalue weighted by Crippen LogP contribution is -2.07. The molecule has 0 aliphatic carbocycles. The molecule has 16 heavy (non-hydrogen) atoms. The number of rotatable bonds is 3. The lowest BCUT2D eigenvalue weighted by Gasteiger charge is -2.00. The van der Waals surface area contributed by atoms with Crippen LogP contribution in [0.1, 0.15) is 6.92 Å². The SMILES string of the molecule is C/C(N)=N\Nc1ccc(/N=N/C(=N)N)cc1. The summed E-state index contributed by atoms with van der Waals surface area (Å²) in [6.07, 6.45) is 0. The van der Waals surface area contributed by atoms with E-state index in [-0.39, 0.29) is 5.96 Å². The predicted molar refractivity (Wildman–Crippen MR) is 63.8 cm³/mol. The third-order valence-electron chi connectivity index (χ3n) is 1.50. The molecule has 0 saturated heterocycles. The molecule has 0 fully saturated rings. The third-order valence-corrected chi connectivity index (χ3v) is 1.50. The number of guanidine groups is 1. The highest BCUT2D eigenvalue weighted by Crippen LogP contribution is 2.16. The van der Waals surface area contributed by atoms with Gasteiger partial charge in [0.05, 0.1) is 11.4 Å². The van der Waals surface area contributed by atoms with Gasteiger partial charge in [0.1, 0.15) is 5.84 Å². The molecule has 0 aliphatic heterocycles. The molecule has 6 N–H and O–H groups in total. The van der Waals surface area contributed by atoms with Crippen molar-refractivity contribution in [1.29, 1.82) is 5.41 Å². The van der Waals surface area contributed by atoms with Gasteiger partial charge in [-0.3, -0.25) is 10.8 Å². The number of hydrogen-bond donors (Lipinski definition) is 4. The Kier molecular flexibility index (Phi) is 3.96. The van der Waals surface area contributed by atoms with Crippen molar-refractivity contribution in [3.8, 4) is 0 Å². The first-order chi connectivity index (χ1) is 7.58. The van der Waals surface area contributed by atoms with Gasteiger partial charge >= 0.3 is 0 Å². The molecule has 0 unspecified atom stereocenters. The number of nitrogens with two attached hydrogens (primary N) is 2. The number of nitrogens with zero attached hydrogens (tertiary/aromatic N) is 3. The highest BCUT2D eigenvalue weighted by atomic mass is 15.3. The summed E-state index contributed by atoms with van der Waals surface area (Å²) in [7, 11) is 0. The van der Waals surface area contributed by atoms with E-state index < -0.39 is 0 Å². The molecule has 7 nitrogen and oxygen atoms in total. The fourth-order valence-electron chi connectivity index (χ4n) is 0.867. The van der Waals surface area contributed by atoms with E-state index in [0.29, 0.717) is 11.5 Å². The molecule has 0 bridgehead atoms. The van der Waals surface area contributed by atoms with Gasteiger partial charge in [0, 0.05) is 0 Å². The Morgan fingerprint density at radius 3 is 2.38 bits per heavy atom. The van der Waals surface area contributed by atoms with Crippen molar-refractivity contribution in [2.75, 3.05) is 5.43 Å². The first-order valence-electron chi connectivity index (χ1n) is 4.49. The van der Waals surface area contributed by atoms with Gasteiger partial charge in [-0.05, 0) is 31.2 Å². The second kappa shape index (κ2) is 5.44. The van der Waals surface area contributed by atoms with Gasteiger partial charge in [-0.1, -0.05) is 0 Å². The minimum absolute atomic E-state index is 0.328. The standard InChI is InChI=1S/C9H13N7/c1-6(10)13-14-7-2-4-8(5-3-7)15-16-9(11)12/h2-5,14H,1H3,(H2,10,13)(H3,11,12)/b16-15+. The summed E-state index contributed by atoms with van der Waals surface area (Å²) in [6, 6.07) is 6.97. The maximum atomic E-state index is 6.87. The Hall–Kier alpha value is -2.44. The van der Waals surface area contributed by atoms with E-state index in [4.69, 9.17) is 16.9 Å². The largest absolute Gasteiger partial charge is 0.386 e. The molecule has 84 valence electrons. The van der Waals surface area contributed by atoms with E-state index >= 15 is 0 Å². The van der Waals surface area contributed by atoms with Crippen molar-refractivity contribution in [3.63, 3.8) is 0 Å². The summed E-state index contributed by atoms with van der Waals surface area (Å²) in [5, 5.41) is 17.9. The smallest absolute Gasteiger partial charge is 0.232 e. The van der Waals surface area contributed by atoms with Gasteiger partial charge in [0.2, 0.25) is 5.96 Å². The van der Waals surface area contributed by atoms with Gasteiger partial charge < -0.3 is 11.5 Å². The van der Waals surface area contributed by atoms with Gasteiger partial charge in [0.15, 0.2) is 0 Å². The van der Waals surface area contributed by atoms with Crippen molar-refractivity contribution in [2.24, 2.45) is 26.8 Å². The second-order valence-electron chi connectivity index (χ2n) is 3.00. The Labute approximate surface area is 92.8 Å². The average Bonchev–Trinajstić information content (AvgIpc) is 2.25. The molecule has 0 amide bonds. The molecule has 0 radical (unpaired) electrons. The van der Waals surface area contributed by atoms with Crippen LogP contribution in [0.2, 0.25) is 0 Å². The molecule has 0 aliphatic rings. The maximum absolute atomic E-state index is 6.87. The van der Waals surface area contributed by atoms with E-state index in [2.05, 4.69) is 20.8 Å². The highest BCUT2D eigenvalue weighted by molar-refractivity contribution is 5.78. The van der Waals surface area contributed by atoms with Gasteiger partial charge in [0.25, 0.3) is 0 Å². The minimum atomic E-state index is -0.328. The molecular formula is C9H13N7. The molecule has 0 atom stereocenters. The average molecular weight is 219 g/mol. The summed E-state index contributed by atoms with van der Waals surface area (Å²) in [5.74, 6) is 0.117. The van der Waals surface area contributed by atoms with Crippen LogP contribution in [0.5, 0.6) is 0 Å². The van der Waals surface area contributed by atoms with Crippen molar-refractivity contribution in [1.82, 2.24) is 0 Å². The van der Waals surface area contributed by atoms with Gasteiger partial charge in [-0.25, -0.2) is 0 Å². The van der Waals surface area contributed by atoms with Crippen molar-refractivity contribution >= 4 is 23.2 Å². The Bertz CT molecular complexity index is 414. The van der Waals surface area contributed by atoms with Crippen molar-refractivity contribution < 1.29 is 0 Å².